The highest BCUT2D eigenvalue weighted by molar-refractivity contribution is 5.97. The topological polar surface area (TPSA) is 62.8 Å². The fraction of sp³-hybridized carbons (Fsp3) is 0.562. The molecular weight excluding hydrogens is 524 g/mol. The third-order valence-corrected chi connectivity index (χ3v) is 8.94. The van der Waals surface area contributed by atoms with E-state index in [0.29, 0.717) is 44.4 Å². The monoisotopic (exact) mass is 565 g/mol. The number of piperidine rings is 1. The first-order valence-corrected chi connectivity index (χ1v) is 15.2. The van der Waals surface area contributed by atoms with Gasteiger partial charge in [0.2, 0.25) is 5.88 Å². The Morgan fingerprint density at radius 2 is 1.66 bits per heavy atom. The van der Waals surface area contributed by atoms with Gasteiger partial charge in [-0.05, 0) is 82.1 Å². The van der Waals surface area contributed by atoms with Gasteiger partial charge in [0.1, 0.15) is 0 Å². The van der Waals surface area contributed by atoms with Crippen molar-refractivity contribution in [3.8, 4) is 5.88 Å². The molecule has 0 radical (unpaired) electrons. The molecule has 220 valence electrons. The number of halogens is 2. The summed E-state index contributed by atoms with van der Waals surface area (Å²) >= 11 is 0. The highest BCUT2D eigenvalue weighted by Gasteiger charge is 2.42. The Morgan fingerprint density at radius 1 is 0.854 bits per heavy atom. The molecule has 2 fully saturated rings. The smallest absolute Gasteiger partial charge is 0.276 e. The van der Waals surface area contributed by atoms with Gasteiger partial charge in [-0.3, -0.25) is 0 Å². The number of nitrogens with one attached hydrogen (secondary N) is 1. The maximum Gasteiger partial charge on any atom is 0.276 e. The Bertz CT molecular complexity index is 1320. The molecule has 9 rings (SSSR count). The first-order chi connectivity index (χ1) is 20.0. The van der Waals surface area contributed by atoms with E-state index in [9.17, 15) is 0 Å². The summed E-state index contributed by atoms with van der Waals surface area (Å²) in [5.74, 6) is -2.35. The van der Waals surface area contributed by atoms with Crippen LogP contribution in [0.2, 0.25) is 0 Å². The molecule has 3 aromatic rings. The van der Waals surface area contributed by atoms with Gasteiger partial charge in [-0.15, -0.1) is 10.2 Å². The van der Waals surface area contributed by atoms with Gasteiger partial charge in [-0.1, -0.05) is 31.0 Å². The lowest BCUT2D eigenvalue weighted by atomic mass is 9.85. The number of anilines is 2. The molecule has 41 heavy (non-hydrogen) atoms. The average molecular weight is 566 g/mol. The Labute approximate surface area is 241 Å². The van der Waals surface area contributed by atoms with Crippen LogP contribution < -0.4 is 15.0 Å². The van der Waals surface area contributed by atoms with Gasteiger partial charge >= 0.3 is 0 Å². The van der Waals surface area contributed by atoms with Crippen LogP contribution in [-0.2, 0) is 10.7 Å². The van der Waals surface area contributed by atoms with Crippen molar-refractivity contribution in [3.63, 3.8) is 0 Å². The number of hydrogen-bond donors (Lipinski definition) is 1. The van der Waals surface area contributed by atoms with Crippen molar-refractivity contribution in [1.82, 2.24) is 15.1 Å². The minimum atomic E-state index is -2.86. The normalized spacial score (nSPS) is 25.7. The van der Waals surface area contributed by atoms with Gasteiger partial charge in [-0.2, -0.15) is 0 Å². The van der Waals surface area contributed by atoms with Crippen LogP contribution >= 0.6 is 0 Å². The molecule has 2 aromatic carbocycles. The van der Waals surface area contributed by atoms with Crippen molar-refractivity contribution in [3.05, 3.63) is 53.6 Å². The number of nitrogens with zero attached hydrogens (tertiary/aromatic N) is 4. The van der Waals surface area contributed by atoms with Gasteiger partial charge in [-0.25, -0.2) is 8.78 Å². The molecule has 6 aliphatic rings. The lowest BCUT2D eigenvalue weighted by Gasteiger charge is -2.36. The van der Waals surface area contributed by atoms with Crippen LogP contribution in [-0.4, -0.2) is 67.6 Å². The highest BCUT2D eigenvalue weighted by atomic mass is 19.3. The SMILES string of the molecule is C[C@H]1Nc2nnc(c3ccc(N4CCOCC4)cc23)OCCCCCCN2CCC(CC2)C(F)(F)c2cccc1c2. The minimum Gasteiger partial charge on any atom is -0.476 e. The summed E-state index contributed by atoms with van der Waals surface area (Å²) in [6.07, 6.45) is 5.23. The van der Waals surface area contributed by atoms with Crippen molar-refractivity contribution in [2.75, 3.05) is 62.8 Å². The van der Waals surface area contributed by atoms with Crippen molar-refractivity contribution >= 4 is 22.3 Å². The standard InChI is InChI=1S/C32H41F2N5O2/c1-23-24-7-6-8-26(21-24)32(33,34)25-11-14-38(15-12-25)13-4-2-3-5-18-41-31-28-10-9-27(39-16-19-40-20-17-39)22-29(28)30(35-23)36-37-31/h6-10,21-23,25H,2-5,11-20H2,1H3,(H,35,36)/t23-/m1/s1. The lowest BCUT2D eigenvalue weighted by Crippen LogP contribution is -2.40. The second-order valence-corrected chi connectivity index (χ2v) is 11.7. The van der Waals surface area contributed by atoms with Crippen molar-refractivity contribution < 1.29 is 18.3 Å². The highest BCUT2D eigenvalue weighted by Crippen LogP contribution is 2.42. The summed E-state index contributed by atoms with van der Waals surface area (Å²) in [4.78, 5) is 4.65. The molecule has 0 unspecified atom stereocenters. The predicted octanol–water partition coefficient (Wildman–Crippen LogP) is 6.40. The van der Waals surface area contributed by atoms with Gasteiger partial charge < -0.3 is 24.6 Å². The molecule has 2 saturated heterocycles. The van der Waals surface area contributed by atoms with Crippen LogP contribution in [0.4, 0.5) is 20.3 Å². The largest absolute Gasteiger partial charge is 0.476 e. The summed E-state index contributed by atoms with van der Waals surface area (Å²) in [5.41, 5.74) is 1.99. The molecular formula is C32H41F2N5O2. The summed E-state index contributed by atoms with van der Waals surface area (Å²) < 4.78 is 43.3. The molecule has 9 heteroatoms. The Balaban J connectivity index is 1.34. The van der Waals surface area contributed by atoms with Crippen molar-refractivity contribution in [2.24, 2.45) is 5.92 Å². The number of morpholine rings is 1. The van der Waals surface area contributed by atoms with Crippen LogP contribution in [0.15, 0.2) is 42.5 Å². The first-order valence-electron chi connectivity index (χ1n) is 15.2. The Morgan fingerprint density at radius 3 is 2.49 bits per heavy atom. The minimum absolute atomic E-state index is 0.0993. The van der Waals surface area contributed by atoms with E-state index in [4.69, 9.17) is 9.47 Å². The van der Waals surface area contributed by atoms with E-state index >= 15 is 8.78 Å². The van der Waals surface area contributed by atoms with Crippen molar-refractivity contribution in [1.29, 1.82) is 0 Å². The number of rotatable bonds is 1. The van der Waals surface area contributed by atoms with E-state index < -0.39 is 11.8 Å². The molecule has 7 heterocycles. The van der Waals surface area contributed by atoms with E-state index in [0.717, 1.165) is 80.4 Å². The van der Waals surface area contributed by atoms with Crippen LogP contribution in [0.25, 0.3) is 10.8 Å². The fourth-order valence-corrected chi connectivity index (χ4v) is 6.37. The van der Waals surface area contributed by atoms with E-state index in [1.165, 1.54) is 0 Å². The lowest BCUT2D eigenvalue weighted by molar-refractivity contribution is -0.0855. The average Bonchev–Trinajstić information content (AvgIpc) is 3.01. The molecule has 0 aliphatic carbocycles. The van der Waals surface area contributed by atoms with E-state index in [-0.39, 0.29) is 11.6 Å². The number of hydrogen-bond acceptors (Lipinski definition) is 7. The van der Waals surface area contributed by atoms with Gasteiger partial charge in [0.15, 0.2) is 5.82 Å². The molecule has 1 N–H and O–H groups in total. The van der Waals surface area contributed by atoms with Gasteiger partial charge in [0.25, 0.3) is 5.92 Å². The summed E-state index contributed by atoms with van der Waals surface area (Å²) in [6, 6.07) is 12.9. The quantitative estimate of drug-likeness (QED) is 0.367. The Kier molecular flexibility index (Phi) is 8.53. The van der Waals surface area contributed by atoms with E-state index in [2.05, 4.69) is 43.5 Å². The predicted molar refractivity (Wildman–Crippen MR) is 158 cm³/mol. The molecule has 0 saturated carbocycles. The summed E-state index contributed by atoms with van der Waals surface area (Å²) in [7, 11) is 0. The Hall–Kier alpha value is -3.04. The molecule has 0 spiro atoms. The molecule has 0 amide bonds. The molecule has 6 bridgehead atoms. The van der Waals surface area contributed by atoms with Crippen molar-refractivity contribution in [2.45, 2.75) is 57.4 Å². The molecule has 1 atom stereocenters. The zero-order valence-corrected chi connectivity index (χ0v) is 24.0. The maximum atomic E-state index is 15.8. The van der Waals surface area contributed by atoms with E-state index in [1.54, 1.807) is 18.2 Å². The number of ether oxygens (including phenoxy) is 2. The van der Waals surface area contributed by atoms with E-state index in [1.807, 2.05) is 13.0 Å². The second-order valence-electron chi connectivity index (χ2n) is 11.7. The van der Waals surface area contributed by atoms with Crippen LogP contribution in [0.5, 0.6) is 5.88 Å². The molecule has 1 aromatic heterocycles. The van der Waals surface area contributed by atoms with Gasteiger partial charge in [0.05, 0.1) is 25.9 Å². The van der Waals surface area contributed by atoms with Crippen LogP contribution in [0.1, 0.15) is 62.6 Å². The second kappa shape index (κ2) is 12.4. The third-order valence-electron chi connectivity index (χ3n) is 8.94. The third kappa shape index (κ3) is 6.26. The van der Waals surface area contributed by atoms with Crippen LogP contribution in [0.3, 0.4) is 0 Å². The zero-order valence-electron chi connectivity index (χ0n) is 24.0. The zero-order chi connectivity index (χ0) is 28.2. The number of aromatic nitrogens is 2. The fourth-order valence-electron chi connectivity index (χ4n) is 6.37. The summed E-state index contributed by atoms with van der Waals surface area (Å²) in [5, 5.41) is 14.3. The van der Waals surface area contributed by atoms with Gasteiger partial charge in [0, 0.05) is 41.0 Å². The molecule has 6 aliphatic heterocycles. The van der Waals surface area contributed by atoms with Crippen LogP contribution in [0, 0.1) is 5.92 Å². The maximum absolute atomic E-state index is 15.8. The number of benzene rings is 2. The number of alkyl halides is 2. The summed E-state index contributed by atoms with van der Waals surface area (Å²) in [6.45, 7) is 8.07. The first kappa shape index (κ1) is 28.1. The molecule has 7 nitrogen and oxygen atoms in total.